The van der Waals surface area contributed by atoms with E-state index in [-0.39, 0.29) is 0 Å². The van der Waals surface area contributed by atoms with Gasteiger partial charge in [-0.25, -0.2) is 0 Å². The summed E-state index contributed by atoms with van der Waals surface area (Å²) < 4.78 is 0. The Morgan fingerprint density at radius 3 is 0.500 bits per heavy atom. The maximum atomic E-state index is 8.47. The largest absolute Gasteiger partial charge is 0.396 e. The number of hydrogen-bond donors (Lipinski definition) is 4. The van der Waals surface area contributed by atoms with Gasteiger partial charge in [0.1, 0.15) is 0 Å². The molecule has 0 fully saturated rings. The number of aliphatic hydroxyl groups is 4. The molecule has 0 spiro atoms. The predicted molar refractivity (Wildman–Crippen MR) is 93.0 cm³/mol. The average Bonchev–Trinajstić information content (AvgIpc) is 2.54. The van der Waals surface area contributed by atoms with Crippen LogP contribution in [0.15, 0.2) is 0 Å². The summed E-state index contributed by atoms with van der Waals surface area (Å²) in [4.78, 5) is 0. The van der Waals surface area contributed by atoms with Crippen LogP contribution < -0.4 is 0 Å². The molecule has 0 heterocycles. The molecule has 0 aliphatic rings. The molecule has 0 unspecified atom stereocenters. The first-order valence-electron chi connectivity index (χ1n) is 9.26. The highest BCUT2D eigenvalue weighted by atomic mass is 16.3. The maximum absolute atomic E-state index is 8.47. The number of aliphatic hydroxyl groups excluding tert-OH is 4. The molecular formula is C18H40O4. The lowest BCUT2D eigenvalue weighted by Crippen LogP contribution is -1.85. The van der Waals surface area contributed by atoms with Crippen molar-refractivity contribution in [2.24, 2.45) is 0 Å². The van der Waals surface area contributed by atoms with Crippen LogP contribution in [0.2, 0.25) is 0 Å². The van der Waals surface area contributed by atoms with Crippen LogP contribution in [0.5, 0.6) is 0 Å². The highest BCUT2D eigenvalue weighted by Crippen LogP contribution is 2.06. The Bertz CT molecular complexity index is 131. The molecule has 0 bridgehead atoms. The fourth-order valence-electron chi connectivity index (χ4n) is 2.21. The Labute approximate surface area is 137 Å². The molecule has 0 amide bonds. The Kier molecular flexibility index (Phi) is 28.2. The Morgan fingerprint density at radius 1 is 0.227 bits per heavy atom. The van der Waals surface area contributed by atoms with Crippen molar-refractivity contribution < 1.29 is 20.4 Å². The minimum atomic E-state index is 0.330. The Hall–Kier alpha value is -0.160. The van der Waals surface area contributed by atoms with Crippen LogP contribution in [0.4, 0.5) is 0 Å². The van der Waals surface area contributed by atoms with E-state index in [0.717, 1.165) is 51.4 Å². The van der Waals surface area contributed by atoms with Gasteiger partial charge >= 0.3 is 0 Å². The minimum Gasteiger partial charge on any atom is -0.396 e. The number of rotatable bonds is 16. The molecule has 0 aromatic rings. The van der Waals surface area contributed by atoms with Crippen molar-refractivity contribution >= 4 is 0 Å². The second-order valence-electron chi connectivity index (χ2n) is 5.84. The van der Waals surface area contributed by atoms with Gasteiger partial charge in [0.2, 0.25) is 0 Å². The molecular weight excluding hydrogens is 280 g/mol. The summed E-state index contributed by atoms with van der Waals surface area (Å²) in [5, 5.41) is 33.9. The van der Waals surface area contributed by atoms with Gasteiger partial charge in [-0.2, -0.15) is 0 Å². The van der Waals surface area contributed by atoms with Gasteiger partial charge in [-0.1, -0.05) is 64.2 Å². The first-order valence-corrected chi connectivity index (χ1v) is 9.26. The van der Waals surface area contributed by atoms with Crippen LogP contribution in [-0.2, 0) is 0 Å². The molecule has 4 heteroatoms. The quantitative estimate of drug-likeness (QED) is 0.329. The first-order chi connectivity index (χ1) is 10.8. The van der Waals surface area contributed by atoms with Gasteiger partial charge in [-0.05, 0) is 25.7 Å². The fraction of sp³-hybridized carbons (Fsp3) is 1.00. The standard InChI is InChI=1S/2C9H20O2/c2*10-8-6-4-2-1-3-5-7-9-11/h2*10-11H,1-9H2. The second-order valence-corrected chi connectivity index (χ2v) is 5.84. The van der Waals surface area contributed by atoms with Crippen LogP contribution >= 0.6 is 0 Å². The molecule has 4 nitrogen and oxygen atoms in total. The summed E-state index contributed by atoms with van der Waals surface area (Å²) in [6.07, 6.45) is 15.8. The van der Waals surface area contributed by atoms with Crippen molar-refractivity contribution in [2.75, 3.05) is 26.4 Å². The summed E-state index contributed by atoms with van der Waals surface area (Å²) in [7, 11) is 0. The molecule has 0 aliphatic carbocycles. The van der Waals surface area contributed by atoms with Crippen molar-refractivity contribution in [1.29, 1.82) is 0 Å². The first kappa shape index (κ1) is 24.1. The molecule has 0 saturated carbocycles. The zero-order valence-electron chi connectivity index (χ0n) is 14.5. The zero-order chi connectivity index (χ0) is 16.7. The molecule has 0 rings (SSSR count). The van der Waals surface area contributed by atoms with E-state index in [1.807, 2.05) is 0 Å². The lowest BCUT2D eigenvalue weighted by atomic mass is 10.1. The molecule has 136 valence electrons. The monoisotopic (exact) mass is 320 g/mol. The van der Waals surface area contributed by atoms with Gasteiger partial charge < -0.3 is 20.4 Å². The van der Waals surface area contributed by atoms with Crippen molar-refractivity contribution in [3.8, 4) is 0 Å². The normalized spacial score (nSPS) is 10.4. The molecule has 0 aromatic carbocycles. The highest BCUT2D eigenvalue weighted by Gasteiger charge is 1.90. The van der Waals surface area contributed by atoms with Gasteiger partial charge in [-0.15, -0.1) is 0 Å². The Morgan fingerprint density at radius 2 is 0.364 bits per heavy atom. The van der Waals surface area contributed by atoms with Crippen molar-refractivity contribution in [3.05, 3.63) is 0 Å². The molecule has 0 aromatic heterocycles. The molecule has 0 saturated heterocycles. The van der Waals surface area contributed by atoms with Crippen LogP contribution in [-0.4, -0.2) is 46.9 Å². The van der Waals surface area contributed by atoms with Crippen LogP contribution in [0, 0.1) is 0 Å². The Balaban J connectivity index is 0. The summed E-state index contributed by atoms with van der Waals surface area (Å²) in [6, 6.07) is 0. The third-order valence-electron chi connectivity index (χ3n) is 3.63. The van der Waals surface area contributed by atoms with Crippen molar-refractivity contribution in [2.45, 2.75) is 89.9 Å². The molecule has 4 N–H and O–H groups in total. The number of unbranched alkanes of at least 4 members (excludes halogenated alkanes) is 12. The number of hydrogen-bond acceptors (Lipinski definition) is 4. The lowest BCUT2D eigenvalue weighted by molar-refractivity contribution is 0.277. The third kappa shape index (κ3) is 28.1. The van der Waals surface area contributed by atoms with Gasteiger partial charge in [0.05, 0.1) is 0 Å². The molecule has 0 radical (unpaired) electrons. The SMILES string of the molecule is OCCCCCCCCCO.OCCCCCCCCCO. The van der Waals surface area contributed by atoms with E-state index in [2.05, 4.69) is 0 Å². The molecule has 22 heavy (non-hydrogen) atoms. The van der Waals surface area contributed by atoms with E-state index in [1.54, 1.807) is 0 Å². The molecule has 0 aliphatic heterocycles. The topological polar surface area (TPSA) is 80.9 Å². The highest BCUT2D eigenvalue weighted by molar-refractivity contribution is 4.45. The van der Waals surface area contributed by atoms with E-state index < -0.39 is 0 Å². The van der Waals surface area contributed by atoms with Gasteiger partial charge in [-0.3, -0.25) is 0 Å². The predicted octanol–water partition coefficient (Wildman–Crippen LogP) is 3.40. The summed E-state index contributed by atoms with van der Waals surface area (Å²) in [5.41, 5.74) is 0. The van der Waals surface area contributed by atoms with Crippen molar-refractivity contribution in [3.63, 3.8) is 0 Å². The van der Waals surface area contributed by atoms with Crippen molar-refractivity contribution in [1.82, 2.24) is 0 Å². The average molecular weight is 321 g/mol. The maximum Gasteiger partial charge on any atom is 0.0431 e. The van der Waals surface area contributed by atoms with Crippen LogP contribution in [0.25, 0.3) is 0 Å². The van der Waals surface area contributed by atoms with Crippen LogP contribution in [0.3, 0.4) is 0 Å². The smallest absolute Gasteiger partial charge is 0.0431 e. The van der Waals surface area contributed by atoms with Crippen LogP contribution in [0.1, 0.15) is 89.9 Å². The molecule has 0 atom stereocenters. The van der Waals surface area contributed by atoms with E-state index in [1.165, 1.54) is 38.5 Å². The summed E-state index contributed by atoms with van der Waals surface area (Å²) in [6.45, 7) is 1.32. The minimum absolute atomic E-state index is 0.330. The lowest BCUT2D eigenvalue weighted by Gasteiger charge is -1.98. The summed E-state index contributed by atoms with van der Waals surface area (Å²) >= 11 is 0. The summed E-state index contributed by atoms with van der Waals surface area (Å²) in [5.74, 6) is 0. The fourth-order valence-corrected chi connectivity index (χ4v) is 2.21. The zero-order valence-corrected chi connectivity index (χ0v) is 14.5. The van der Waals surface area contributed by atoms with E-state index >= 15 is 0 Å². The van der Waals surface area contributed by atoms with E-state index in [9.17, 15) is 0 Å². The van der Waals surface area contributed by atoms with Gasteiger partial charge in [0.15, 0.2) is 0 Å². The van der Waals surface area contributed by atoms with Gasteiger partial charge in [0.25, 0.3) is 0 Å². The second kappa shape index (κ2) is 25.8. The third-order valence-corrected chi connectivity index (χ3v) is 3.63. The van der Waals surface area contributed by atoms with E-state index in [0.29, 0.717) is 26.4 Å². The van der Waals surface area contributed by atoms with E-state index in [4.69, 9.17) is 20.4 Å². The van der Waals surface area contributed by atoms with Gasteiger partial charge in [0, 0.05) is 26.4 Å².